The number of ether oxygens (including phenoxy) is 3. The minimum atomic E-state index is 0.500. The van der Waals surface area contributed by atoms with Crippen molar-refractivity contribution in [3.05, 3.63) is 0 Å². The summed E-state index contributed by atoms with van der Waals surface area (Å²) in [7, 11) is 0. The Labute approximate surface area is 106 Å². The molecule has 0 bridgehead atoms. The molecule has 0 amide bonds. The highest BCUT2D eigenvalue weighted by Crippen LogP contribution is 2.20. The molecule has 0 aromatic carbocycles. The Morgan fingerprint density at radius 3 is 2.35 bits per heavy atom. The summed E-state index contributed by atoms with van der Waals surface area (Å²) in [5.74, 6) is 0.653. The van der Waals surface area contributed by atoms with E-state index in [1.165, 1.54) is 32.1 Å². The van der Waals surface area contributed by atoms with Crippen LogP contribution in [0.4, 0.5) is 0 Å². The lowest BCUT2D eigenvalue weighted by atomic mass is 10.1. The van der Waals surface area contributed by atoms with Gasteiger partial charge in [0.15, 0.2) is 0 Å². The quantitative estimate of drug-likeness (QED) is 0.553. The Kier molecular flexibility index (Phi) is 8.67. The minimum Gasteiger partial charge on any atom is -0.379 e. The molecular weight excluding hydrogens is 216 g/mol. The van der Waals surface area contributed by atoms with Crippen LogP contribution in [0.3, 0.4) is 0 Å². The first-order valence-electron chi connectivity index (χ1n) is 7.10. The molecule has 3 nitrogen and oxygen atoms in total. The second-order valence-electron chi connectivity index (χ2n) is 4.98. The largest absolute Gasteiger partial charge is 0.379 e. The van der Waals surface area contributed by atoms with Crippen LogP contribution in [0.1, 0.15) is 46.0 Å². The van der Waals surface area contributed by atoms with Crippen LogP contribution in [0, 0.1) is 5.92 Å². The molecule has 1 rings (SSSR count). The Morgan fingerprint density at radius 2 is 1.65 bits per heavy atom. The standard InChI is InChI=1S/C14H28O3/c1-3-13(2)12-16-9-8-15-10-11-17-14-6-4-5-7-14/h13-14H,3-12H2,1-2H3. The van der Waals surface area contributed by atoms with Gasteiger partial charge in [-0.1, -0.05) is 33.1 Å². The summed E-state index contributed by atoms with van der Waals surface area (Å²) < 4.78 is 16.7. The molecule has 0 radical (unpaired) electrons. The highest BCUT2D eigenvalue weighted by atomic mass is 16.5. The molecule has 17 heavy (non-hydrogen) atoms. The Bertz CT molecular complexity index is 167. The maximum Gasteiger partial charge on any atom is 0.0704 e. The fourth-order valence-electron chi connectivity index (χ4n) is 1.95. The minimum absolute atomic E-state index is 0.500. The molecule has 102 valence electrons. The van der Waals surface area contributed by atoms with E-state index in [2.05, 4.69) is 13.8 Å². The van der Waals surface area contributed by atoms with Crippen molar-refractivity contribution in [2.75, 3.05) is 33.0 Å². The van der Waals surface area contributed by atoms with Gasteiger partial charge in [-0.15, -0.1) is 0 Å². The first kappa shape index (κ1) is 14.9. The fraction of sp³-hybridized carbons (Fsp3) is 1.00. The Morgan fingerprint density at radius 1 is 1.00 bits per heavy atom. The van der Waals surface area contributed by atoms with Crippen LogP contribution in [0.2, 0.25) is 0 Å². The van der Waals surface area contributed by atoms with Crippen molar-refractivity contribution in [1.29, 1.82) is 0 Å². The van der Waals surface area contributed by atoms with Crippen molar-refractivity contribution in [1.82, 2.24) is 0 Å². The molecule has 0 aromatic rings. The summed E-state index contributed by atoms with van der Waals surface area (Å²) in [6, 6.07) is 0. The van der Waals surface area contributed by atoms with E-state index in [4.69, 9.17) is 14.2 Å². The third-order valence-electron chi connectivity index (χ3n) is 3.35. The molecule has 1 unspecified atom stereocenters. The second kappa shape index (κ2) is 9.86. The zero-order chi connectivity index (χ0) is 12.3. The van der Waals surface area contributed by atoms with Crippen LogP contribution < -0.4 is 0 Å². The third kappa shape index (κ3) is 7.74. The van der Waals surface area contributed by atoms with Gasteiger partial charge in [-0.25, -0.2) is 0 Å². The van der Waals surface area contributed by atoms with E-state index in [1.807, 2.05) is 0 Å². The van der Waals surface area contributed by atoms with E-state index >= 15 is 0 Å². The van der Waals surface area contributed by atoms with Crippen molar-refractivity contribution in [2.45, 2.75) is 52.1 Å². The summed E-state index contributed by atoms with van der Waals surface area (Å²) in [6.45, 7) is 8.05. The van der Waals surface area contributed by atoms with Crippen molar-refractivity contribution >= 4 is 0 Å². The second-order valence-corrected chi connectivity index (χ2v) is 4.98. The summed E-state index contributed by atoms with van der Waals surface area (Å²) in [6.07, 6.45) is 6.80. The SMILES string of the molecule is CCC(C)COCCOCCOC1CCCC1. The van der Waals surface area contributed by atoms with E-state index < -0.39 is 0 Å². The highest BCUT2D eigenvalue weighted by Gasteiger charge is 2.14. The Balaban J connectivity index is 1.75. The average Bonchev–Trinajstić information content (AvgIpc) is 2.85. The van der Waals surface area contributed by atoms with E-state index in [-0.39, 0.29) is 0 Å². The average molecular weight is 244 g/mol. The van der Waals surface area contributed by atoms with E-state index in [0.717, 1.165) is 13.2 Å². The van der Waals surface area contributed by atoms with Gasteiger partial charge in [0.1, 0.15) is 0 Å². The molecule has 1 fully saturated rings. The van der Waals surface area contributed by atoms with Gasteiger partial charge in [0.2, 0.25) is 0 Å². The molecule has 0 spiro atoms. The predicted molar refractivity (Wildman–Crippen MR) is 69.3 cm³/mol. The van der Waals surface area contributed by atoms with E-state index in [0.29, 0.717) is 31.8 Å². The lowest BCUT2D eigenvalue weighted by molar-refractivity contribution is -0.0123. The molecule has 0 saturated heterocycles. The number of rotatable bonds is 10. The monoisotopic (exact) mass is 244 g/mol. The van der Waals surface area contributed by atoms with Gasteiger partial charge in [-0.2, -0.15) is 0 Å². The zero-order valence-corrected chi connectivity index (χ0v) is 11.5. The highest BCUT2D eigenvalue weighted by molar-refractivity contribution is 4.66. The fourth-order valence-corrected chi connectivity index (χ4v) is 1.95. The first-order valence-corrected chi connectivity index (χ1v) is 7.10. The topological polar surface area (TPSA) is 27.7 Å². The van der Waals surface area contributed by atoms with Gasteiger partial charge in [-0.05, 0) is 18.8 Å². The van der Waals surface area contributed by atoms with Crippen molar-refractivity contribution in [3.8, 4) is 0 Å². The molecule has 1 aliphatic carbocycles. The molecule has 1 atom stereocenters. The van der Waals surface area contributed by atoms with Crippen LogP contribution in [0.25, 0.3) is 0 Å². The molecule has 1 saturated carbocycles. The molecule has 3 heteroatoms. The van der Waals surface area contributed by atoms with Gasteiger partial charge >= 0.3 is 0 Å². The first-order chi connectivity index (χ1) is 8.33. The molecule has 0 heterocycles. The van der Waals surface area contributed by atoms with Gasteiger partial charge in [0, 0.05) is 6.61 Å². The lowest BCUT2D eigenvalue weighted by Gasteiger charge is -2.12. The van der Waals surface area contributed by atoms with Gasteiger partial charge < -0.3 is 14.2 Å². The number of hydrogen-bond donors (Lipinski definition) is 0. The van der Waals surface area contributed by atoms with E-state index in [1.54, 1.807) is 0 Å². The van der Waals surface area contributed by atoms with Crippen LogP contribution in [-0.4, -0.2) is 39.1 Å². The third-order valence-corrected chi connectivity index (χ3v) is 3.35. The van der Waals surface area contributed by atoms with Crippen molar-refractivity contribution < 1.29 is 14.2 Å². The molecular formula is C14H28O3. The maximum absolute atomic E-state index is 5.70. The van der Waals surface area contributed by atoms with E-state index in [9.17, 15) is 0 Å². The van der Waals surface area contributed by atoms with Gasteiger partial charge in [0.05, 0.1) is 32.5 Å². The molecule has 0 aromatic heterocycles. The predicted octanol–water partition coefficient (Wildman–Crippen LogP) is 3.02. The number of hydrogen-bond acceptors (Lipinski definition) is 3. The van der Waals surface area contributed by atoms with Gasteiger partial charge in [-0.3, -0.25) is 0 Å². The summed E-state index contributed by atoms with van der Waals surface area (Å²) in [5, 5.41) is 0. The van der Waals surface area contributed by atoms with Crippen LogP contribution in [-0.2, 0) is 14.2 Å². The van der Waals surface area contributed by atoms with Crippen LogP contribution in [0.5, 0.6) is 0 Å². The summed E-state index contributed by atoms with van der Waals surface area (Å²) in [4.78, 5) is 0. The van der Waals surface area contributed by atoms with Crippen molar-refractivity contribution in [2.24, 2.45) is 5.92 Å². The van der Waals surface area contributed by atoms with Crippen LogP contribution >= 0.6 is 0 Å². The van der Waals surface area contributed by atoms with Crippen LogP contribution in [0.15, 0.2) is 0 Å². The summed E-state index contributed by atoms with van der Waals surface area (Å²) in [5.41, 5.74) is 0. The summed E-state index contributed by atoms with van der Waals surface area (Å²) >= 11 is 0. The van der Waals surface area contributed by atoms with Gasteiger partial charge in [0.25, 0.3) is 0 Å². The molecule has 0 N–H and O–H groups in total. The maximum atomic E-state index is 5.70. The lowest BCUT2D eigenvalue weighted by Crippen LogP contribution is -2.15. The molecule has 1 aliphatic rings. The normalized spacial score (nSPS) is 18.7. The van der Waals surface area contributed by atoms with Crippen molar-refractivity contribution in [3.63, 3.8) is 0 Å². The zero-order valence-electron chi connectivity index (χ0n) is 11.5. The Hall–Kier alpha value is -0.120. The smallest absolute Gasteiger partial charge is 0.0704 e. The molecule has 0 aliphatic heterocycles.